The first-order valence-electron chi connectivity index (χ1n) is 13.0. The molecule has 180 valence electrons. The van der Waals surface area contributed by atoms with Crippen LogP contribution in [-0.2, 0) is 23.0 Å². The Morgan fingerprint density at radius 3 is 1.64 bits per heavy atom. The van der Waals surface area contributed by atoms with Crippen LogP contribution in [0, 0.1) is 0 Å². The van der Waals surface area contributed by atoms with Crippen molar-refractivity contribution in [1.82, 2.24) is 0 Å². The fourth-order valence-electron chi connectivity index (χ4n) is 4.61. The van der Waals surface area contributed by atoms with Crippen LogP contribution in [0.25, 0.3) is 10.8 Å². The first-order valence-corrected chi connectivity index (χ1v) is 14.4. The molecule has 0 atom stereocenters. The molecule has 0 aromatic heterocycles. The third-order valence-electron chi connectivity index (χ3n) is 6.53. The molecule has 5 heteroatoms. The van der Waals surface area contributed by atoms with Crippen LogP contribution in [0.15, 0.2) is 35.2 Å². The zero-order valence-electron chi connectivity index (χ0n) is 21.3. The third-order valence-corrected chi connectivity index (χ3v) is 7.35. The van der Waals surface area contributed by atoms with E-state index in [1.807, 2.05) is 0 Å². The van der Waals surface area contributed by atoms with E-state index in [0.717, 1.165) is 48.4 Å². The van der Waals surface area contributed by atoms with Crippen LogP contribution in [-0.4, -0.2) is 13.0 Å². The molecule has 0 spiro atoms. The molecule has 2 rings (SSSR count). The zero-order valence-corrected chi connectivity index (χ0v) is 25.3. The first-order chi connectivity index (χ1) is 15.5. The monoisotopic (exact) mass is 498 g/mol. The second-order valence-corrected chi connectivity index (χ2v) is 10.7. The van der Waals surface area contributed by atoms with E-state index in [-0.39, 0.29) is 56.3 Å². The summed E-state index contributed by atoms with van der Waals surface area (Å²) in [6, 6.07) is 9.50. The second kappa shape index (κ2) is 17.6. The molecular weight excluding hydrogens is 455 g/mol. The molecule has 0 aliphatic carbocycles. The van der Waals surface area contributed by atoms with Gasteiger partial charge in [-0.2, -0.15) is 0 Å². The Hall–Kier alpha value is 0.246. The maximum absolute atomic E-state index is 11.8. The molecule has 0 N–H and O–H groups in total. The SMILES string of the molecule is CCCCCCCCCc1cc(S(=O)(=O)[O-])cc2c(CCCCCCCCC)cccc12.[K+]. The summed E-state index contributed by atoms with van der Waals surface area (Å²) in [5.41, 5.74) is 2.18. The Morgan fingerprint density at radius 1 is 0.636 bits per heavy atom. The molecule has 0 unspecified atom stereocenters. The van der Waals surface area contributed by atoms with Gasteiger partial charge in [0.1, 0.15) is 10.1 Å². The first kappa shape index (κ1) is 31.3. The van der Waals surface area contributed by atoms with E-state index in [2.05, 4.69) is 32.0 Å². The third kappa shape index (κ3) is 11.7. The van der Waals surface area contributed by atoms with E-state index in [4.69, 9.17) is 0 Å². The summed E-state index contributed by atoms with van der Waals surface area (Å²) in [5, 5.41) is 2.07. The summed E-state index contributed by atoms with van der Waals surface area (Å²) >= 11 is 0. The topological polar surface area (TPSA) is 57.2 Å². The molecule has 0 bridgehead atoms. The predicted octanol–water partition coefficient (Wildman–Crippen LogP) is 5.33. The van der Waals surface area contributed by atoms with Crippen molar-refractivity contribution in [3.05, 3.63) is 41.5 Å². The molecule has 2 aromatic carbocycles. The van der Waals surface area contributed by atoms with E-state index in [0.29, 0.717) is 0 Å². The van der Waals surface area contributed by atoms with Crippen molar-refractivity contribution in [3.63, 3.8) is 0 Å². The van der Waals surface area contributed by atoms with Crippen molar-refractivity contribution in [2.45, 2.75) is 121 Å². The maximum Gasteiger partial charge on any atom is 1.00 e. The Kier molecular flexibility index (Phi) is 16.7. The molecule has 0 heterocycles. The molecule has 33 heavy (non-hydrogen) atoms. The van der Waals surface area contributed by atoms with Gasteiger partial charge in [0, 0.05) is 0 Å². The standard InChI is InChI=1S/C28H44O3S.K/c1-3-5-7-9-11-13-15-18-24-20-17-21-27-25(19-16-14-12-10-8-6-4-2)22-26(23-28(24)27)32(29,30)31;/h17,20-23H,3-16,18-19H2,1-2H3,(H,29,30,31);/q;+1/p-1. The van der Waals surface area contributed by atoms with Crippen LogP contribution in [0.3, 0.4) is 0 Å². The molecule has 0 fully saturated rings. The van der Waals surface area contributed by atoms with Gasteiger partial charge in [0.05, 0.1) is 4.90 Å². The van der Waals surface area contributed by atoms with Crippen LogP contribution < -0.4 is 51.4 Å². The Labute approximate surface area is 245 Å². The van der Waals surface area contributed by atoms with Gasteiger partial charge in [-0.05, 0) is 59.7 Å². The molecule has 0 radical (unpaired) electrons. The van der Waals surface area contributed by atoms with Gasteiger partial charge in [0.2, 0.25) is 0 Å². The van der Waals surface area contributed by atoms with E-state index in [9.17, 15) is 13.0 Å². The molecule has 0 saturated carbocycles. The zero-order chi connectivity index (χ0) is 23.2. The van der Waals surface area contributed by atoms with Crippen molar-refractivity contribution in [2.24, 2.45) is 0 Å². The summed E-state index contributed by atoms with van der Waals surface area (Å²) in [5.74, 6) is 0. The Morgan fingerprint density at radius 2 is 1.12 bits per heavy atom. The minimum Gasteiger partial charge on any atom is -0.744 e. The number of fused-ring (bicyclic) bond motifs is 1. The molecule has 0 amide bonds. The van der Waals surface area contributed by atoms with Crippen LogP contribution in [0.4, 0.5) is 0 Å². The number of unbranched alkanes of at least 4 members (excludes halogenated alkanes) is 12. The van der Waals surface area contributed by atoms with Gasteiger partial charge in [-0.3, -0.25) is 0 Å². The van der Waals surface area contributed by atoms with Crippen LogP contribution >= 0.6 is 0 Å². The van der Waals surface area contributed by atoms with Gasteiger partial charge in [-0.15, -0.1) is 0 Å². The van der Waals surface area contributed by atoms with Gasteiger partial charge < -0.3 is 4.55 Å². The van der Waals surface area contributed by atoms with Crippen LogP contribution in [0.5, 0.6) is 0 Å². The molecule has 0 aliphatic rings. The number of rotatable bonds is 17. The van der Waals surface area contributed by atoms with Gasteiger partial charge in [0.15, 0.2) is 0 Å². The molecule has 0 saturated heterocycles. The van der Waals surface area contributed by atoms with E-state index >= 15 is 0 Å². The normalized spacial score (nSPS) is 11.6. The molecule has 3 nitrogen and oxygen atoms in total. The van der Waals surface area contributed by atoms with E-state index in [1.165, 1.54) is 76.2 Å². The number of hydrogen-bond acceptors (Lipinski definition) is 3. The molecule has 2 aromatic rings. The summed E-state index contributed by atoms with van der Waals surface area (Å²) in [6.07, 6.45) is 19.0. The second-order valence-electron chi connectivity index (χ2n) is 9.29. The molecular formula is C28H43KO3S. The number of hydrogen-bond donors (Lipinski definition) is 0. The van der Waals surface area contributed by atoms with E-state index in [1.54, 1.807) is 12.1 Å². The Balaban J connectivity index is 0.00000544. The minimum atomic E-state index is -4.47. The quantitative estimate of drug-likeness (QED) is 0.168. The fourth-order valence-corrected chi connectivity index (χ4v) is 5.16. The van der Waals surface area contributed by atoms with Gasteiger partial charge >= 0.3 is 51.4 Å². The average Bonchev–Trinajstić information content (AvgIpc) is 2.77. The van der Waals surface area contributed by atoms with Gasteiger partial charge in [-0.25, -0.2) is 8.42 Å². The number of aryl methyl sites for hydroxylation is 2. The minimum absolute atomic E-state index is 0. The fraction of sp³-hybridized carbons (Fsp3) is 0.643. The summed E-state index contributed by atoms with van der Waals surface area (Å²) in [7, 11) is -4.47. The maximum atomic E-state index is 11.8. The smallest absolute Gasteiger partial charge is 0.744 e. The summed E-state index contributed by atoms with van der Waals surface area (Å²) in [4.78, 5) is -0.0741. The van der Waals surface area contributed by atoms with Crippen molar-refractivity contribution in [1.29, 1.82) is 0 Å². The van der Waals surface area contributed by atoms with Crippen molar-refractivity contribution >= 4 is 20.9 Å². The average molecular weight is 499 g/mol. The number of benzene rings is 2. The van der Waals surface area contributed by atoms with Crippen LogP contribution in [0.1, 0.15) is 115 Å². The van der Waals surface area contributed by atoms with Gasteiger partial charge in [0.25, 0.3) is 0 Å². The van der Waals surface area contributed by atoms with Crippen molar-refractivity contribution in [2.75, 3.05) is 0 Å². The largest absolute Gasteiger partial charge is 1.00 e. The summed E-state index contributed by atoms with van der Waals surface area (Å²) in [6.45, 7) is 4.46. The van der Waals surface area contributed by atoms with E-state index < -0.39 is 10.1 Å². The predicted molar refractivity (Wildman–Crippen MR) is 135 cm³/mol. The van der Waals surface area contributed by atoms with Gasteiger partial charge in [-0.1, -0.05) is 109 Å². The van der Waals surface area contributed by atoms with Crippen LogP contribution in [0.2, 0.25) is 0 Å². The summed E-state index contributed by atoms with van der Waals surface area (Å²) < 4.78 is 35.5. The molecule has 0 aliphatic heterocycles. The van der Waals surface area contributed by atoms with Crippen molar-refractivity contribution < 1.29 is 64.4 Å². The Bertz CT molecular complexity index is 909. The van der Waals surface area contributed by atoms with Crippen molar-refractivity contribution in [3.8, 4) is 0 Å².